The van der Waals surface area contributed by atoms with Gasteiger partial charge in [-0.1, -0.05) is 30.3 Å². The first kappa shape index (κ1) is 16.0. The molecular formula is C17H21N3O2. The molecule has 0 aliphatic rings. The highest BCUT2D eigenvalue weighted by molar-refractivity contribution is 5.92. The van der Waals surface area contributed by atoms with E-state index in [4.69, 9.17) is 0 Å². The fourth-order valence-corrected chi connectivity index (χ4v) is 2.15. The Kier molecular flexibility index (Phi) is 5.49. The molecule has 2 aromatic rings. The van der Waals surface area contributed by atoms with Gasteiger partial charge in [0.05, 0.1) is 12.2 Å². The number of hydrogen-bond donors (Lipinski definition) is 2. The van der Waals surface area contributed by atoms with Gasteiger partial charge >= 0.3 is 0 Å². The number of amides is 1. The monoisotopic (exact) mass is 299 g/mol. The van der Waals surface area contributed by atoms with Crippen molar-refractivity contribution in [1.82, 2.24) is 15.2 Å². The van der Waals surface area contributed by atoms with Gasteiger partial charge in [0.15, 0.2) is 0 Å². The number of carbonyl (C=O) groups excluding carboxylic acids is 1. The van der Waals surface area contributed by atoms with Crippen molar-refractivity contribution in [3.63, 3.8) is 0 Å². The first-order chi connectivity index (χ1) is 10.6. The minimum absolute atomic E-state index is 0.0452. The zero-order chi connectivity index (χ0) is 15.9. The van der Waals surface area contributed by atoms with Gasteiger partial charge < -0.3 is 15.3 Å². The van der Waals surface area contributed by atoms with Crippen LogP contribution >= 0.6 is 0 Å². The predicted octanol–water partition coefficient (Wildman–Crippen LogP) is 2.21. The maximum absolute atomic E-state index is 12.3. The van der Waals surface area contributed by atoms with Crippen molar-refractivity contribution >= 4 is 5.91 Å². The number of pyridine rings is 1. The van der Waals surface area contributed by atoms with Crippen LogP contribution in [0.15, 0.2) is 48.7 Å². The molecular weight excluding hydrogens is 278 g/mol. The van der Waals surface area contributed by atoms with Gasteiger partial charge in [-0.05, 0) is 44.8 Å². The Morgan fingerprint density at radius 2 is 1.95 bits per heavy atom. The topological polar surface area (TPSA) is 65.5 Å². The second-order valence-corrected chi connectivity index (χ2v) is 5.43. The van der Waals surface area contributed by atoms with Crippen molar-refractivity contribution in [2.45, 2.75) is 12.5 Å². The first-order valence-corrected chi connectivity index (χ1v) is 7.22. The average molecular weight is 299 g/mol. The van der Waals surface area contributed by atoms with Crippen LogP contribution < -0.4 is 5.32 Å². The molecule has 116 valence electrons. The summed E-state index contributed by atoms with van der Waals surface area (Å²) in [6.45, 7) is 0.864. The molecule has 1 aromatic heterocycles. The van der Waals surface area contributed by atoms with Crippen molar-refractivity contribution in [1.29, 1.82) is 0 Å². The van der Waals surface area contributed by atoms with E-state index >= 15 is 0 Å². The molecule has 1 aromatic carbocycles. The van der Waals surface area contributed by atoms with Crippen LogP contribution in [0.4, 0.5) is 0 Å². The van der Waals surface area contributed by atoms with E-state index in [1.807, 2.05) is 44.4 Å². The number of rotatable bonds is 6. The lowest BCUT2D eigenvalue weighted by Crippen LogP contribution is -2.31. The third-order valence-corrected chi connectivity index (χ3v) is 3.35. The number of nitrogens with one attached hydrogen (secondary N) is 1. The maximum Gasteiger partial charge on any atom is 0.270 e. The minimum Gasteiger partial charge on any atom is -0.506 e. The highest BCUT2D eigenvalue weighted by Crippen LogP contribution is 2.17. The molecule has 1 amide bonds. The van der Waals surface area contributed by atoms with Crippen molar-refractivity contribution in [3.05, 3.63) is 59.9 Å². The van der Waals surface area contributed by atoms with Gasteiger partial charge in [0, 0.05) is 0 Å². The second kappa shape index (κ2) is 7.56. The number of carbonyl (C=O) groups is 1. The molecule has 5 heteroatoms. The lowest BCUT2D eigenvalue weighted by atomic mass is 10.0. The summed E-state index contributed by atoms with van der Waals surface area (Å²) in [4.78, 5) is 18.3. The van der Waals surface area contributed by atoms with Crippen LogP contribution in [0.3, 0.4) is 0 Å². The van der Waals surface area contributed by atoms with Gasteiger partial charge in [-0.15, -0.1) is 0 Å². The van der Waals surface area contributed by atoms with E-state index < -0.39 is 0 Å². The van der Waals surface area contributed by atoms with Crippen LogP contribution in [0, 0.1) is 0 Å². The molecule has 0 fully saturated rings. The third-order valence-electron chi connectivity index (χ3n) is 3.35. The molecule has 0 radical (unpaired) electrons. The number of nitrogens with zero attached hydrogens (tertiary/aromatic N) is 2. The van der Waals surface area contributed by atoms with E-state index in [0.29, 0.717) is 5.69 Å². The zero-order valence-corrected chi connectivity index (χ0v) is 12.9. The van der Waals surface area contributed by atoms with E-state index in [1.54, 1.807) is 0 Å². The molecule has 2 rings (SSSR count). The van der Waals surface area contributed by atoms with Crippen LogP contribution in [0.25, 0.3) is 0 Å². The Labute approximate surface area is 130 Å². The summed E-state index contributed by atoms with van der Waals surface area (Å²) in [6, 6.07) is 12.8. The normalized spacial score (nSPS) is 12.1. The van der Waals surface area contributed by atoms with Crippen molar-refractivity contribution < 1.29 is 9.90 Å². The Morgan fingerprint density at radius 1 is 1.23 bits per heavy atom. The summed E-state index contributed by atoms with van der Waals surface area (Å²) in [5, 5.41) is 12.3. The molecule has 1 atom stereocenters. The molecule has 1 unspecified atom stereocenters. The van der Waals surface area contributed by atoms with Gasteiger partial charge in [-0.3, -0.25) is 4.79 Å². The molecule has 0 aliphatic carbocycles. The molecule has 0 spiro atoms. The first-order valence-electron chi connectivity index (χ1n) is 7.22. The highest BCUT2D eigenvalue weighted by atomic mass is 16.3. The summed E-state index contributed by atoms with van der Waals surface area (Å²) in [5.41, 5.74) is 1.36. The van der Waals surface area contributed by atoms with Crippen LogP contribution in [0.1, 0.15) is 28.5 Å². The molecule has 2 N–H and O–H groups in total. The third kappa shape index (κ3) is 4.56. The van der Waals surface area contributed by atoms with Crippen LogP contribution in [-0.2, 0) is 0 Å². The van der Waals surface area contributed by atoms with Crippen LogP contribution in [0.5, 0.6) is 5.75 Å². The summed E-state index contributed by atoms with van der Waals surface area (Å²) < 4.78 is 0. The zero-order valence-electron chi connectivity index (χ0n) is 12.9. The van der Waals surface area contributed by atoms with E-state index in [-0.39, 0.29) is 17.7 Å². The molecule has 0 bridgehead atoms. The SMILES string of the molecule is CN(C)CCC(NC(=O)c1ccc(O)cn1)c1ccccc1. The number of aromatic nitrogens is 1. The van der Waals surface area contributed by atoms with E-state index in [1.165, 1.54) is 18.3 Å². The largest absolute Gasteiger partial charge is 0.506 e. The molecule has 0 saturated heterocycles. The van der Waals surface area contributed by atoms with Crippen LogP contribution in [0.2, 0.25) is 0 Å². The maximum atomic E-state index is 12.3. The molecule has 1 heterocycles. The fourth-order valence-electron chi connectivity index (χ4n) is 2.15. The highest BCUT2D eigenvalue weighted by Gasteiger charge is 2.16. The van der Waals surface area contributed by atoms with Gasteiger partial charge in [-0.2, -0.15) is 0 Å². The number of hydrogen-bond acceptors (Lipinski definition) is 4. The van der Waals surface area contributed by atoms with E-state index in [9.17, 15) is 9.90 Å². The second-order valence-electron chi connectivity index (χ2n) is 5.43. The average Bonchev–Trinajstić information content (AvgIpc) is 2.52. The Balaban J connectivity index is 2.11. The van der Waals surface area contributed by atoms with E-state index in [2.05, 4.69) is 15.2 Å². The predicted molar refractivity (Wildman–Crippen MR) is 85.7 cm³/mol. The summed E-state index contributed by atoms with van der Waals surface area (Å²) in [7, 11) is 4.01. The van der Waals surface area contributed by atoms with Gasteiger partial charge in [-0.25, -0.2) is 4.98 Å². The molecule has 22 heavy (non-hydrogen) atoms. The van der Waals surface area contributed by atoms with Crippen molar-refractivity contribution in [2.24, 2.45) is 0 Å². The van der Waals surface area contributed by atoms with Gasteiger partial charge in [0.2, 0.25) is 0 Å². The molecule has 5 nitrogen and oxygen atoms in total. The van der Waals surface area contributed by atoms with Crippen molar-refractivity contribution in [3.8, 4) is 5.75 Å². The minimum atomic E-state index is -0.243. The standard InChI is InChI=1S/C17H21N3O2/c1-20(2)11-10-15(13-6-4-3-5-7-13)19-17(22)16-9-8-14(21)12-18-16/h3-9,12,15,21H,10-11H2,1-2H3,(H,19,22). The summed E-state index contributed by atoms with van der Waals surface area (Å²) >= 11 is 0. The lowest BCUT2D eigenvalue weighted by molar-refractivity contribution is 0.0927. The van der Waals surface area contributed by atoms with Crippen LogP contribution in [-0.4, -0.2) is 41.5 Å². The molecule has 0 aliphatic heterocycles. The lowest BCUT2D eigenvalue weighted by Gasteiger charge is -2.21. The summed E-state index contributed by atoms with van der Waals surface area (Å²) in [5.74, 6) is -0.198. The smallest absolute Gasteiger partial charge is 0.270 e. The van der Waals surface area contributed by atoms with Gasteiger partial charge in [0.25, 0.3) is 5.91 Å². The van der Waals surface area contributed by atoms with Crippen molar-refractivity contribution in [2.75, 3.05) is 20.6 Å². The molecule has 0 saturated carbocycles. The number of aromatic hydroxyl groups is 1. The summed E-state index contributed by atoms with van der Waals surface area (Å²) in [6.07, 6.45) is 2.08. The Bertz CT molecular complexity index is 597. The number of benzene rings is 1. The van der Waals surface area contributed by atoms with Gasteiger partial charge in [0.1, 0.15) is 11.4 Å². The Hall–Kier alpha value is -2.40. The fraction of sp³-hybridized carbons (Fsp3) is 0.294. The van der Waals surface area contributed by atoms with E-state index in [0.717, 1.165) is 18.5 Å². The Morgan fingerprint density at radius 3 is 2.55 bits per heavy atom. The quantitative estimate of drug-likeness (QED) is 0.858.